The summed E-state index contributed by atoms with van der Waals surface area (Å²) in [5.41, 5.74) is 6.57. The fourth-order valence-corrected chi connectivity index (χ4v) is 2.29. The third-order valence-electron chi connectivity index (χ3n) is 2.35. The fraction of sp³-hybridized carbons (Fsp3) is 0.455. The first-order valence-electron chi connectivity index (χ1n) is 5.64. The van der Waals surface area contributed by atoms with Gasteiger partial charge in [-0.25, -0.2) is 9.97 Å². The molecule has 5 nitrogen and oxygen atoms in total. The SMILES string of the molecule is CCSCC(C)Nc1nc(N)cn2ccnc12. The van der Waals surface area contributed by atoms with Gasteiger partial charge in [-0.2, -0.15) is 11.8 Å². The normalized spacial score (nSPS) is 12.8. The highest BCUT2D eigenvalue weighted by molar-refractivity contribution is 7.99. The highest BCUT2D eigenvalue weighted by Crippen LogP contribution is 2.16. The van der Waals surface area contributed by atoms with E-state index < -0.39 is 0 Å². The zero-order chi connectivity index (χ0) is 12.3. The maximum atomic E-state index is 5.75. The predicted octanol–water partition coefficient (Wildman–Crippen LogP) is 1.86. The number of hydrogen-bond acceptors (Lipinski definition) is 5. The molecule has 0 aliphatic heterocycles. The summed E-state index contributed by atoms with van der Waals surface area (Å²) in [6.07, 6.45) is 5.37. The summed E-state index contributed by atoms with van der Waals surface area (Å²) < 4.78 is 1.88. The molecule has 0 saturated carbocycles. The lowest BCUT2D eigenvalue weighted by Gasteiger charge is -2.14. The minimum atomic E-state index is 0.342. The second-order valence-electron chi connectivity index (χ2n) is 3.88. The Morgan fingerprint density at radius 2 is 2.41 bits per heavy atom. The smallest absolute Gasteiger partial charge is 0.180 e. The lowest BCUT2D eigenvalue weighted by molar-refractivity contribution is 0.900. The number of nitrogens with one attached hydrogen (secondary N) is 1. The summed E-state index contributed by atoms with van der Waals surface area (Å²) in [7, 11) is 0. The second kappa shape index (κ2) is 5.27. The molecule has 0 fully saturated rings. The van der Waals surface area contributed by atoms with Crippen LogP contribution in [0.4, 0.5) is 11.6 Å². The van der Waals surface area contributed by atoms with Gasteiger partial charge < -0.3 is 15.5 Å². The minimum absolute atomic E-state index is 0.342. The van der Waals surface area contributed by atoms with E-state index in [1.807, 2.05) is 22.4 Å². The molecule has 0 aromatic carbocycles. The number of fused-ring (bicyclic) bond motifs is 1. The van der Waals surface area contributed by atoms with Crippen LogP contribution in [0.15, 0.2) is 18.6 Å². The van der Waals surface area contributed by atoms with E-state index in [9.17, 15) is 0 Å². The lowest BCUT2D eigenvalue weighted by Crippen LogP contribution is -2.20. The van der Waals surface area contributed by atoms with Crippen LogP contribution in [0.2, 0.25) is 0 Å². The van der Waals surface area contributed by atoms with Gasteiger partial charge in [-0.05, 0) is 12.7 Å². The third kappa shape index (κ3) is 2.82. The molecule has 0 aliphatic rings. The molecule has 17 heavy (non-hydrogen) atoms. The highest BCUT2D eigenvalue weighted by Gasteiger charge is 2.09. The summed E-state index contributed by atoms with van der Waals surface area (Å²) in [5.74, 6) is 3.40. The number of hydrogen-bond donors (Lipinski definition) is 2. The molecular formula is C11H17N5S. The molecule has 1 atom stereocenters. The molecule has 0 radical (unpaired) electrons. The molecule has 0 aliphatic carbocycles. The topological polar surface area (TPSA) is 68.2 Å². The number of nitrogen functional groups attached to an aromatic ring is 1. The largest absolute Gasteiger partial charge is 0.382 e. The van der Waals surface area contributed by atoms with Gasteiger partial charge in [-0.3, -0.25) is 0 Å². The van der Waals surface area contributed by atoms with Crippen molar-refractivity contribution in [3.8, 4) is 0 Å². The van der Waals surface area contributed by atoms with Crippen molar-refractivity contribution >= 4 is 29.0 Å². The van der Waals surface area contributed by atoms with E-state index in [0.29, 0.717) is 11.9 Å². The molecule has 0 saturated heterocycles. The van der Waals surface area contributed by atoms with Gasteiger partial charge in [0, 0.05) is 24.2 Å². The van der Waals surface area contributed by atoms with Crippen molar-refractivity contribution in [3.05, 3.63) is 18.6 Å². The van der Waals surface area contributed by atoms with Crippen molar-refractivity contribution in [2.45, 2.75) is 19.9 Å². The number of imidazole rings is 1. The zero-order valence-corrected chi connectivity index (χ0v) is 10.9. The third-order valence-corrected chi connectivity index (χ3v) is 3.49. The molecule has 3 N–H and O–H groups in total. The van der Waals surface area contributed by atoms with E-state index in [4.69, 9.17) is 5.73 Å². The number of thioether (sulfide) groups is 1. The van der Waals surface area contributed by atoms with Crippen molar-refractivity contribution in [2.75, 3.05) is 22.6 Å². The second-order valence-corrected chi connectivity index (χ2v) is 5.20. The molecule has 6 heteroatoms. The summed E-state index contributed by atoms with van der Waals surface area (Å²) in [6.45, 7) is 4.29. The van der Waals surface area contributed by atoms with Gasteiger partial charge in [0.05, 0.1) is 6.20 Å². The number of nitrogens with zero attached hydrogens (tertiary/aromatic N) is 3. The maximum Gasteiger partial charge on any atom is 0.180 e. The standard InChI is InChI=1S/C11H17N5S/c1-3-17-7-8(2)14-10-11-13-4-5-16(11)6-9(12)15-10/h4-6,8H,3,7,12H2,1-2H3,(H,14,15). The van der Waals surface area contributed by atoms with Crippen molar-refractivity contribution in [1.82, 2.24) is 14.4 Å². The first-order chi connectivity index (χ1) is 8.20. The van der Waals surface area contributed by atoms with Crippen LogP contribution in [0.3, 0.4) is 0 Å². The quantitative estimate of drug-likeness (QED) is 0.849. The molecule has 92 valence electrons. The van der Waals surface area contributed by atoms with Gasteiger partial charge >= 0.3 is 0 Å². The molecule has 0 bridgehead atoms. The van der Waals surface area contributed by atoms with Crippen LogP contribution < -0.4 is 11.1 Å². The van der Waals surface area contributed by atoms with Crippen LogP contribution in [-0.2, 0) is 0 Å². The summed E-state index contributed by atoms with van der Waals surface area (Å²) in [4.78, 5) is 8.56. The van der Waals surface area contributed by atoms with Crippen molar-refractivity contribution in [2.24, 2.45) is 0 Å². The Bertz CT molecular complexity index is 496. The van der Waals surface area contributed by atoms with Gasteiger partial charge in [-0.1, -0.05) is 6.92 Å². The van der Waals surface area contributed by atoms with Crippen molar-refractivity contribution in [3.63, 3.8) is 0 Å². The van der Waals surface area contributed by atoms with E-state index in [1.54, 1.807) is 12.4 Å². The number of rotatable bonds is 5. The summed E-state index contributed by atoms with van der Waals surface area (Å²) in [5, 5.41) is 3.35. The molecule has 2 aromatic heterocycles. The van der Waals surface area contributed by atoms with Gasteiger partial charge in [0.1, 0.15) is 5.82 Å². The molecule has 1 unspecified atom stereocenters. The van der Waals surface area contributed by atoms with Crippen LogP contribution in [0, 0.1) is 0 Å². The Hall–Kier alpha value is -1.43. The fourth-order valence-electron chi connectivity index (χ4n) is 1.62. The van der Waals surface area contributed by atoms with E-state index in [0.717, 1.165) is 23.0 Å². The first kappa shape index (κ1) is 12.0. The monoisotopic (exact) mass is 251 g/mol. The molecule has 2 rings (SSSR count). The Labute approximate surface area is 105 Å². The van der Waals surface area contributed by atoms with E-state index in [2.05, 4.69) is 29.1 Å². The average Bonchev–Trinajstić information content (AvgIpc) is 2.74. The zero-order valence-electron chi connectivity index (χ0n) is 10.1. The van der Waals surface area contributed by atoms with Crippen LogP contribution in [-0.4, -0.2) is 31.9 Å². The number of aromatic nitrogens is 3. The van der Waals surface area contributed by atoms with Gasteiger partial charge in [-0.15, -0.1) is 0 Å². The number of anilines is 2. The summed E-state index contributed by atoms with van der Waals surface area (Å²) >= 11 is 1.90. The van der Waals surface area contributed by atoms with E-state index in [1.165, 1.54) is 0 Å². The summed E-state index contributed by atoms with van der Waals surface area (Å²) in [6, 6.07) is 0.342. The Kier molecular flexibility index (Phi) is 3.73. The first-order valence-corrected chi connectivity index (χ1v) is 6.79. The van der Waals surface area contributed by atoms with Crippen LogP contribution in [0.5, 0.6) is 0 Å². The Morgan fingerprint density at radius 3 is 3.18 bits per heavy atom. The molecule has 2 heterocycles. The van der Waals surface area contributed by atoms with Crippen LogP contribution in [0.25, 0.3) is 5.65 Å². The maximum absolute atomic E-state index is 5.75. The highest BCUT2D eigenvalue weighted by atomic mass is 32.2. The lowest BCUT2D eigenvalue weighted by atomic mass is 10.4. The van der Waals surface area contributed by atoms with Gasteiger partial charge in [0.15, 0.2) is 11.5 Å². The molecular weight excluding hydrogens is 234 g/mol. The van der Waals surface area contributed by atoms with Crippen molar-refractivity contribution < 1.29 is 0 Å². The minimum Gasteiger partial charge on any atom is -0.382 e. The predicted molar refractivity (Wildman–Crippen MR) is 73.5 cm³/mol. The van der Waals surface area contributed by atoms with Crippen molar-refractivity contribution in [1.29, 1.82) is 0 Å². The number of nitrogens with two attached hydrogens (primary N) is 1. The Morgan fingerprint density at radius 1 is 1.59 bits per heavy atom. The average molecular weight is 251 g/mol. The molecule has 2 aromatic rings. The van der Waals surface area contributed by atoms with Gasteiger partial charge in [0.25, 0.3) is 0 Å². The Balaban J connectivity index is 2.19. The van der Waals surface area contributed by atoms with Crippen LogP contribution >= 0.6 is 11.8 Å². The van der Waals surface area contributed by atoms with Crippen LogP contribution in [0.1, 0.15) is 13.8 Å². The van der Waals surface area contributed by atoms with E-state index >= 15 is 0 Å². The molecule has 0 spiro atoms. The molecule has 0 amide bonds. The van der Waals surface area contributed by atoms with Gasteiger partial charge in [0.2, 0.25) is 0 Å². The van der Waals surface area contributed by atoms with E-state index in [-0.39, 0.29) is 0 Å².